The molecular formula is C13H15N3O3S. The lowest BCUT2D eigenvalue weighted by molar-refractivity contribution is -0.120. The fraction of sp³-hybridized carbons (Fsp3) is 0.308. The minimum absolute atomic E-state index is 0.00522. The molecule has 1 aromatic carbocycles. The maximum Gasteiger partial charge on any atom is 0.318 e. The zero-order valence-corrected chi connectivity index (χ0v) is 11.9. The molecule has 1 heterocycles. The van der Waals surface area contributed by atoms with Gasteiger partial charge in [0, 0.05) is 0 Å². The third-order valence-corrected chi connectivity index (χ3v) is 4.00. The number of thioether (sulfide) groups is 1. The third-order valence-electron chi connectivity index (χ3n) is 2.61. The molecule has 7 heteroatoms. The van der Waals surface area contributed by atoms with Gasteiger partial charge >= 0.3 is 6.03 Å². The number of nitrogens with one attached hydrogen (secondary N) is 1. The van der Waals surface area contributed by atoms with E-state index in [1.807, 2.05) is 32.0 Å². The van der Waals surface area contributed by atoms with Crippen molar-refractivity contribution in [3.8, 4) is 0 Å². The maximum absolute atomic E-state index is 11.9. The van der Waals surface area contributed by atoms with Crippen molar-refractivity contribution in [3.05, 3.63) is 24.3 Å². The average Bonchev–Trinajstić information content (AvgIpc) is 2.76. The fourth-order valence-electron chi connectivity index (χ4n) is 1.70. The summed E-state index contributed by atoms with van der Waals surface area (Å²) in [6, 6.07) is 6.48. The van der Waals surface area contributed by atoms with E-state index in [0.29, 0.717) is 10.8 Å². The minimum atomic E-state index is -0.862. The lowest BCUT2D eigenvalue weighted by Gasteiger charge is -2.16. The molecule has 1 atom stereocenters. The van der Waals surface area contributed by atoms with Gasteiger partial charge in [-0.3, -0.25) is 10.1 Å². The predicted molar refractivity (Wildman–Crippen MR) is 76.2 cm³/mol. The van der Waals surface area contributed by atoms with Crippen LogP contribution in [0.25, 0.3) is 11.1 Å². The Balaban J connectivity index is 2.19. The van der Waals surface area contributed by atoms with Crippen LogP contribution < -0.4 is 11.1 Å². The summed E-state index contributed by atoms with van der Waals surface area (Å²) in [7, 11) is 0. The number of fused-ring (bicyclic) bond motifs is 1. The topological polar surface area (TPSA) is 98.2 Å². The van der Waals surface area contributed by atoms with Crippen molar-refractivity contribution in [2.45, 2.75) is 24.3 Å². The number of nitrogens with zero attached hydrogens (tertiary/aromatic N) is 1. The largest absolute Gasteiger partial charge is 0.431 e. The molecule has 1 aromatic heterocycles. The lowest BCUT2D eigenvalue weighted by Crippen LogP contribution is -2.42. The molecule has 106 valence electrons. The Morgan fingerprint density at radius 1 is 1.35 bits per heavy atom. The van der Waals surface area contributed by atoms with E-state index < -0.39 is 17.2 Å². The Bertz CT molecular complexity index is 606. The van der Waals surface area contributed by atoms with Crippen LogP contribution in [0, 0.1) is 5.92 Å². The van der Waals surface area contributed by atoms with Crippen LogP contribution in [0.1, 0.15) is 13.8 Å². The minimum Gasteiger partial charge on any atom is -0.431 e. The number of para-hydroxylation sites is 2. The first kappa shape index (κ1) is 14.4. The van der Waals surface area contributed by atoms with Gasteiger partial charge in [0.15, 0.2) is 5.58 Å². The molecule has 0 aliphatic heterocycles. The Morgan fingerprint density at radius 3 is 2.65 bits per heavy atom. The van der Waals surface area contributed by atoms with Crippen LogP contribution in [-0.2, 0) is 4.79 Å². The Kier molecular flexibility index (Phi) is 4.29. The summed E-state index contributed by atoms with van der Waals surface area (Å²) >= 11 is 1.18. The highest BCUT2D eigenvalue weighted by atomic mass is 32.2. The molecule has 2 aromatic rings. The average molecular weight is 293 g/mol. The molecule has 0 aliphatic carbocycles. The van der Waals surface area contributed by atoms with Crippen LogP contribution in [0.5, 0.6) is 0 Å². The van der Waals surface area contributed by atoms with Crippen molar-refractivity contribution in [1.29, 1.82) is 0 Å². The van der Waals surface area contributed by atoms with Gasteiger partial charge in [0.05, 0.1) is 5.25 Å². The van der Waals surface area contributed by atoms with Crippen molar-refractivity contribution < 1.29 is 14.0 Å². The zero-order valence-electron chi connectivity index (χ0n) is 11.1. The van der Waals surface area contributed by atoms with Gasteiger partial charge in [-0.15, -0.1) is 0 Å². The highest BCUT2D eigenvalue weighted by Gasteiger charge is 2.26. The molecule has 3 N–H and O–H groups in total. The molecular weight excluding hydrogens is 278 g/mol. The molecule has 0 saturated heterocycles. The molecule has 3 amide bonds. The number of rotatable bonds is 4. The number of nitrogens with two attached hydrogens (primary N) is 1. The third kappa shape index (κ3) is 3.30. The van der Waals surface area contributed by atoms with E-state index in [1.165, 1.54) is 11.8 Å². The monoisotopic (exact) mass is 293 g/mol. The number of hydrogen-bond donors (Lipinski definition) is 2. The molecule has 0 bridgehead atoms. The number of oxazole rings is 1. The number of urea groups is 1. The second-order valence-corrected chi connectivity index (χ2v) is 5.68. The second-order valence-electron chi connectivity index (χ2n) is 4.58. The molecule has 2 rings (SSSR count). The van der Waals surface area contributed by atoms with Crippen molar-refractivity contribution >= 4 is 34.8 Å². The highest BCUT2D eigenvalue weighted by molar-refractivity contribution is 8.00. The summed E-state index contributed by atoms with van der Waals surface area (Å²) in [5.74, 6) is -0.450. The quantitative estimate of drug-likeness (QED) is 0.841. The van der Waals surface area contributed by atoms with Crippen molar-refractivity contribution in [3.63, 3.8) is 0 Å². The van der Waals surface area contributed by atoms with Crippen LogP contribution in [0.15, 0.2) is 33.9 Å². The molecule has 0 fully saturated rings. The van der Waals surface area contributed by atoms with E-state index in [4.69, 9.17) is 10.2 Å². The van der Waals surface area contributed by atoms with E-state index in [-0.39, 0.29) is 5.92 Å². The highest BCUT2D eigenvalue weighted by Crippen LogP contribution is 2.30. The number of amides is 3. The van der Waals surface area contributed by atoms with Crippen LogP contribution in [0.4, 0.5) is 4.79 Å². The Hall–Kier alpha value is -2.02. The predicted octanol–water partition coefficient (Wildman–Crippen LogP) is 2.14. The normalized spacial score (nSPS) is 12.6. The molecule has 0 saturated carbocycles. The van der Waals surface area contributed by atoms with Crippen LogP contribution in [0.3, 0.4) is 0 Å². The van der Waals surface area contributed by atoms with Crippen LogP contribution >= 0.6 is 11.8 Å². The summed E-state index contributed by atoms with van der Waals surface area (Å²) in [5, 5.41) is 1.98. The van der Waals surface area contributed by atoms with E-state index in [2.05, 4.69) is 10.3 Å². The number of imide groups is 1. The number of primary amides is 1. The van der Waals surface area contributed by atoms with E-state index in [9.17, 15) is 9.59 Å². The van der Waals surface area contributed by atoms with Gasteiger partial charge < -0.3 is 10.2 Å². The van der Waals surface area contributed by atoms with Gasteiger partial charge in [-0.1, -0.05) is 37.7 Å². The van der Waals surface area contributed by atoms with Crippen LogP contribution in [0.2, 0.25) is 0 Å². The van der Waals surface area contributed by atoms with Crippen molar-refractivity contribution in [2.75, 3.05) is 0 Å². The molecule has 20 heavy (non-hydrogen) atoms. The smallest absolute Gasteiger partial charge is 0.318 e. The van der Waals surface area contributed by atoms with Gasteiger partial charge in [-0.05, 0) is 18.1 Å². The molecule has 0 spiro atoms. The van der Waals surface area contributed by atoms with Gasteiger partial charge in [-0.25, -0.2) is 9.78 Å². The van der Waals surface area contributed by atoms with E-state index in [0.717, 1.165) is 5.52 Å². The fourth-order valence-corrected chi connectivity index (χ4v) is 2.64. The first-order chi connectivity index (χ1) is 9.47. The number of benzene rings is 1. The Labute approximate surface area is 120 Å². The van der Waals surface area contributed by atoms with Crippen molar-refractivity contribution in [1.82, 2.24) is 10.3 Å². The van der Waals surface area contributed by atoms with Gasteiger partial charge in [0.25, 0.3) is 5.22 Å². The number of carbonyl (C=O) groups is 2. The second kappa shape index (κ2) is 5.96. The number of aromatic nitrogens is 1. The molecule has 0 radical (unpaired) electrons. The Morgan fingerprint density at radius 2 is 2.05 bits per heavy atom. The van der Waals surface area contributed by atoms with Gasteiger partial charge in [-0.2, -0.15) is 0 Å². The summed E-state index contributed by atoms with van der Waals surface area (Å²) in [6.45, 7) is 3.75. The standard InChI is InChI=1S/C13H15N3O3S/c1-7(2)10(11(17)16-12(14)18)20-13-15-8-5-3-4-6-9(8)19-13/h3-7,10H,1-2H3,(H3,14,16,17,18). The summed E-state index contributed by atoms with van der Waals surface area (Å²) in [4.78, 5) is 27.0. The molecule has 0 aliphatic rings. The van der Waals surface area contributed by atoms with Gasteiger partial charge in [0.1, 0.15) is 5.52 Å². The summed E-state index contributed by atoms with van der Waals surface area (Å²) in [5.41, 5.74) is 6.36. The summed E-state index contributed by atoms with van der Waals surface area (Å²) < 4.78 is 5.56. The van der Waals surface area contributed by atoms with E-state index in [1.54, 1.807) is 6.07 Å². The molecule has 1 unspecified atom stereocenters. The first-order valence-electron chi connectivity index (χ1n) is 6.10. The SMILES string of the molecule is CC(C)C(Sc1nc2ccccc2o1)C(=O)NC(N)=O. The first-order valence-corrected chi connectivity index (χ1v) is 6.98. The van der Waals surface area contributed by atoms with Gasteiger partial charge in [0.2, 0.25) is 5.91 Å². The summed E-state index contributed by atoms with van der Waals surface area (Å²) in [6.07, 6.45) is 0. The lowest BCUT2D eigenvalue weighted by atomic mass is 10.1. The zero-order chi connectivity index (χ0) is 14.7. The number of hydrogen-bond acceptors (Lipinski definition) is 5. The molecule has 6 nitrogen and oxygen atoms in total. The number of carbonyl (C=O) groups excluding carboxylic acids is 2. The maximum atomic E-state index is 11.9. The van der Waals surface area contributed by atoms with E-state index >= 15 is 0 Å². The van der Waals surface area contributed by atoms with Crippen molar-refractivity contribution in [2.24, 2.45) is 11.7 Å². The van der Waals surface area contributed by atoms with Crippen LogP contribution in [-0.4, -0.2) is 22.2 Å².